The van der Waals surface area contributed by atoms with Crippen molar-refractivity contribution in [3.63, 3.8) is 0 Å². The molecular formula is C57H70N12O8S. The van der Waals surface area contributed by atoms with Crippen molar-refractivity contribution < 1.29 is 38.5 Å². The van der Waals surface area contributed by atoms with Gasteiger partial charge >= 0.3 is 0 Å². The van der Waals surface area contributed by atoms with Gasteiger partial charge in [0.2, 0.25) is 17.7 Å². The molecule has 1 aliphatic carbocycles. The number of phenolic OH excluding ortho intramolecular Hbond substituents is 1. The first kappa shape index (κ1) is 53.1. The first-order chi connectivity index (χ1) is 37.8. The van der Waals surface area contributed by atoms with Crippen molar-refractivity contribution in [3.05, 3.63) is 95.6 Å². The lowest BCUT2D eigenvalue weighted by Gasteiger charge is -2.46. The number of phenols is 1. The fraction of sp³-hybridized carbons (Fsp3) is 0.509. The molecule has 3 unspecified atom stereocenters. The van der Waals surface area contributed by atoms with Crippen LogP contribution in [0.15, 0.2) is 83.1 Å². The second-order valence-corrected chi connectivity index (χ2v) is 22.8. The maximum Gasteiger partial charge on any atom is 0.254 e. The van der Waals surface area contributed by atoms with Crippen LogP contribution in [0.25, 0.3) is 21.8 Å². The standard InChI is InChI=1S/C57H70N12O8S/c1-33(2)53(57(73)69-31-40(70)23-48(69)56(72)62-34(3)36-12-13-45(60-28-36)54-35(4)61-32-78-54)50-27-52(65-77-50)74-21-20-66-18-15-41(16-19-66)75-42-24-43(25-42)76-51-22-37(14-17-59-51)67-29-39-9-7-8-38(67)30-68(39)47-26-46(63-64-55(47)58)44-10-5-6-11-49(44)71/h5-6,10-14,17,22,26-28,32-34,38-43,48,53,70-71H,7-9,15-16,18-21,23-25,29-31H2,1-4H3,(H2,58,64)(H,62,72)/t34-,38?,39?,40-,42?,43?,48+,53?/m0/s1. The van der Waals surface area contributed by atoms with Crippen molar-refractivity contribution in [1.82, 2.24) is 45.4 Å². The highest BCUT2D eigenvalue weighted by molar-refractivity contribution is 7.13. The Balaban J connectivity index is 0.605. The number of fused-ring (bicyclic) bond motifs is 4. The Bertz CT molecular complexity index is 3040. The number of nitrogens with zero attached hydrogens (tertiary/aromatic N) is 10. The number of thiazole rings is 1. The predicted octanol–water partition coefficient (Wildman–Crippen LogP) is 6.94. The van der Waals surface area contributed by atoms with Gasteiger partial charge in [0.1, 0.15) is 30.4 Å². The van der Waals surface area contributed by atoms with Gasteiger partial charge in [-0.1, -0.05) is 32.0 Å². The second kappa shape index (κ2) is 23.2. The fourth-order valence-corrected chi connectivity index (χ4v) is 12.7. The van der Waals surface area contributed by atoms with Gasteiger partial charge in [0.05, 0.1) is 57.5 Å². The number of aryl methyl sites for hydroxylation is 1. The molecule has 412 valence electrons. The fourth-order valence-electron chi connectivity index (χ4n) is 11.9. The van der Waals surface area contributed by atoms with E-state index in [1.807, 2.05) is 64.2 Å². The number of nitrogen functional groups attached to an aromatic ring is 1. The summed E-state index contributed by atoms with van der Waals surface area (Å²) in [6.07, 6.45) is 9.99. The number of piperazine rings is 1. The van der Waals surface area contributed by atoms with Crippen LogP contribution >= 0.6 is 11.3 Å². The number of nitrogens with one attached hydrogen (secondary N) is 1. The SMILES string of the molecule is Cc1ncsc1-c1ccc([C@H](C)NC(=O)[C@H]2C[C@H](O)CN2C(=O)C(c2cc(OCCN3CCC(OC4CC(Oc5cc(N6CC7CCCC6CN7c6cc(-c7ccccc7O)nnc6N)ccn5)C4)CC3)no2)C(C)C)cn1. The third kappa shape index (κ3) is 11.6. The molecule has 1 aromatic carbocycles. The van der Waals surface area contributed by atoms with Crippen molar-refractivity contribution in [2.75, 3.05) is 61.4 Å². The normalized spacial score (nSPS) is 23.5. The van der Waals surface area contributed by atoms with Crippen molar-refractivity contribution in [3.8, 4) is 39.3 Å². The third-order valence-electron chi connectivity index (χ3n) is 16.3. The molecule has 5 aliphatic heterocycles. The smallest absolute Gasteiger partial charge is 0.254 e. The van der Waals surface area contributed by atoms with Crippen molar-refractivity contribution in [2.45, 2.75) is 134 Å². The minimum absolute atomic E-state index is 0.0405. The first-order valence-electron chi connectivity index (χ1n) is 27.5. The molecule has 1 saturated carbocycles. The lowest BCUT2D eigenvalue weighted by atomic mass is 9.91. The van der Waals surface area contributed by atoms with E-state index in [0.717, 1.165) is 104 Å². The zero-order valence-corrected chi connectivity index (χ0v) is 45.5. The summed E-state index contributed by atoms with van der Waals surface area (Å²) in [6.45, 7) is 12.2. The van der Waals surface area contributed by atoms with Crippen LogP contribution in [0, 0.1) is 12.8 Å². The molecule has 5 saturated heterocycles. The van der Waals surface area contributed by atoms with Crippen LogP contribution in [0.4, 0.5) is 17.2 Å². The van der Waals surface area contributed by atoms with Crippen LogP contribution in [0.1, 0.15) is 101 Å². The quantitative estimate of drug-likeness (QED) is 0.0681. The summed E-state index contributed by atoms with van der Waals surface area (Å²) in [5.74, 6) is 0.277. The van der Waals surface area contributed by atoms with E-state index in [1.54, 1.807) is 29.9 Å². The second-order valence-electron chi connectivity index (χ2n) is 21.9. The largest absolute Gasteiger partial charge is 0.507 e. The van der Waals surface area contributed by atoms with Crippen LogP contribution in [0.5, 0.6) is 17.5 Å². The van der Waals surface area contributed by atoms with E-state index < -0.39 is 18.1 Å². The molecule has 2 amide bonds. The van der Waals surface area contributed by atoms with E-state index in [1.165, 1.54) is 16.2 Å². The molecule has 6 atom stereocenters. The number of pyridine rings is 2. The molecule has 10 heterocycles. The number of anilines is 3. The Hall–Kier alpha value is -6.94. The molecule has 0 radical (unpaired) electrons. The summed E-state index contributed by atoms with van der Waals surface area (Å²) in [7, 11) is 0. The molecule has 20 nitrogen and oxygen atoms in total. The van der Waals surface area contributed by atoms with E-state index >= 15 is 0 Å². The lowest BCUT2D eigenvalue weighted by molar-refractivity contribution is -0.141. The molecule has 5 aromatic heterocycles. The molecule has 78 heavy (non-hydrogen) atoms. The highest BCUT2D eigenvalue weighted by Crippen LogP contribution is 2.40. The number of aliphatic hydroxyl groups is 1. The molecule has 0 spiro atoms. The van der Waals surface area contributed by atoms with Gasteiger partial charge in [0.15, 0.2) is 11.6 Å². The number of nitrogens with two attached hydrogens (primary N) is 1. The molecule has 5 N–H and O–H groups in total. The van der Waals surface area contributed by atoms with Crippen LogP contribution < -0.4 is 30.3 Å². The number of benzene rings is 1. The number of piperidine rings is 1. The third-order valence-corrected chi connectivity index (χ3v) is 17.2. The molecule has 2 bridgehead atoms. The van der Waals surface area contributed by atoms with E-state index in [4.69, 9.17) is 24.5 Å². The van der Waals surface area contributed by atoms with Gasteiger partial charge in [-0.2, -0.15) is 0 Å². The number of amides is 2. The van der Waals surface area contributed by atoms with E-state index in [9.17, 15) is 19.8 Å². The summed E-state index contributed by atoms with van der Waals surface area (Å²) in [4.78, 5) is 51.2. The Labute approximate surface area is 458 Å². The number of carbonyl (C=O) groups excluding carboxylic acids is 2. The average Bonchev–Trinajstić information content (AvgIpc) is 4.21. The number of ether oxygens (including phenoxy) is 3. The summed E-state index contributed by atoms with van der Waals surface area (Å²) in [6, 6.07) is 18.1. The highest BCUT2D eigenvalue weighted by Gasteiger charge is 2.44. The van der Waals surface area contributed by atoms with Gasteiger partial charge < -0.3 is 54.7 Å². The van der Waals surface area contributed by atoms with Crippen molar-refractivity contribution in [2.24, 2.45) is 5.92 Å². The molecule has 21 heteroatoms. The number of carbonyl (C=O) groups is 2. The average molecular weight is 1080 g/mol. The van der Waals surface area contributed by atoms with Crippen LogP contribution in [-0.4, -0.2) is 151 Å². The van der Waals surface area contributed by atoms with Gasteiger partial charge in [-0.15, -0.1) is 21.5 Å². The summed E-state index contributed by atoms with van der Waals surface area (Å²) in [5.41, 5.74) is 14.0. The lowest BCUT2D eigenvalue weighted by Crippen LogP contribution is -2.57. The Kier molecular flexibility index (Phi) is 15.8. The number of likely N-dealkylation sites (tertiary alicyclic amines) is 2. The monoisotopic (exact) mass is 1080 g/mol. The topological polar surface area (TPSA) is 244 Å². The minimum atomic E-state index is -0.850. The zero-order valence-electron chi connectivity index (χ0n) is 44.7. The number of para-hydroxylation sites is 1. The summed E-state index contributed by atoms with van der Waals surface area (Å²) < 4.78 is 24.8. The molecule has 6 fully saturated rings. The van der Waals surface area contributed by atoms with Crippen LogP contribution in [-0.2, 0) is 14.3 Å². The van der Waals surface area contributed by atoms with Gasteiger partial charge in [0, 0.05) is 106 Å². The Morgan fingerprint density at radius 2 is 1.67 bits per heavy atom. The van der Waals surface area contributed by atoms with Crippen molar-refractivity contribution >= 4 is 40.3 Å². The number of β-amino-alcohol motifs (C(OH)–C–C–N with tert-alkyl or cyclic N) is 1. The number of aromatic nitrogens is 6. The Morgan fingerprint density at radius 1 is 0.872 bits per heavy atom. The number of hydrogen-bond acceptors (Lipinski definition) is 19. The summed E-state index contributed by atoms with van der Waals surface area (Å²) in [5, 5.41) is 37.1. The molecule has 6 aliphatic rings. The minimum Gasteiger partial charge on any atom is -0.507 e. The maximum absolute atomic E-state index is 14.2. The van der Waals surface area contributed by atoms with E-state index in [0.29, 0.717) is 47.7 Å². The predicted molar refractivity (Wildman–Crippen MR) is 294 cm³/mol. The Morgan fingerprint density at radius 3 is 2.42 bits per heavy atom. The molecular weight excluding hydrogens is 1010 g/mol. The van der Waals surface area contributed by atoms with Crippen LogP contribution in [0.2, 0.25) is 0 Å². The van der Waals surface area contributed by atoms with Gasteiger partial charge in [-0.25, -0.2) is 9.97 Å². The van der Waals surface area contributed by atoms with Gasteiger partial charge in [0.25, 0.3) is 5.88 Å². The zero-order chi connectivity index (χ0) is 54.0. The first-order valence-corrected chi connectivity index (χ1v) is 28.4. The molecule has 12 rings (SSSR count). The summed E-state index contributed by atoms with van der Waals surface area (Å²) >= 11 is 1.53. The molecule has 6 aromatic rings. The number of rotatable bonds is 18. The van der Waals surface area contributed by atoms with E-state index in [-0.39, 0.29) is 72.9 Å². The van der Waals surface area contributed by atoms with Gasteiger partial charge in [-0.3, -0.25) is 19.5 Å². The van der Waals surface area contributed by atoms with Gasteiger partial charge in [-0.05, 0) is 92.9 Å². The number of aromatic hydroxyl groups is 1. The number of hydrogen-bond donors (Lipinski definition) is 4. The van der Waals surface area contributed by atoms with E-state index in [2.05, 4.69) is 62.5 Å². The highest BCUT2D eigenvalue weighted by atomic mass is 32.1. The van der Waals surface area contributed by atoms with Crippen molar-refractivity contribution in [1.29, 1.82) is 0 Å². The maximum atomic E-state index is 14.2. The number of aliphatic hydroxyl groups excluding tert-OH is 1. The van der Waals surface area contributed by atoms with Crippen LogP contribution in [0.3, 0.4) is 0 Å².